The van der Waals surface area contributed by atoms with Crippen molar-refractivity contribution in [2.45, 2.75) is 43.9 Å². The molecule has 0 aromatic heterocycles. The third kappa shape index (κ3) is 6.37. The Bertz CT molecular complexity index is 1340. The molecule has 2 heterocycles. The lowest BCUT2D eigenvalue weighted by Gasteiger charge is -2.16. The fourth-order valence-corrected chi connectivity index (χ4v) is 6.24. The van der Waals surface area contributed by atoms with Gasteiger partial charge in [-0.3, -0.25) is 14.4 Å². The van der Waals surface area contributed by atoms with Crippen molar-refractivity contribution in [1.29, 1.82) is 5.26 Å². The van der Waals surface area contributed by atoms with E-state index in [0.717, 1.165) is 48.9 Å². The summed E-state index contributed by atoms with van der Waals surface area (Å²) in [5.41, 5.74) is 1.49. The molecular formula is C29H34N6O3S. The van der Waals surface area contributed by atoms with E-state index in [1.54, 1.807) is 0 Å². The number of fused-ring (bicyclic) bond motifs is 1. The lowest BCUT2D eigenvalue weighted by atomic mass is 10.1. The van der Waals surface area contributed by atoms with E-state index >= 15 is 0 Å². The average molecular weight is 547 g/mol. The molecule has 1 atom stereocenters. The number of carbonyl (C=O) groups excluding carboxylic acids is 3. The van der Waals surface area contributed by atoms with Gasteiger partial charge in [0.05, 0.1) is 0 Å². The number of amides is 3. The van der Waals surface area contributed by atoms with Crippen molar-refractivity contribution in [2.75, 3.05) is 44.6 Å². The molecule has 2 saturated heterocycles. The molecule has 3 aliphatic rings. The number of nitrogens with one attached hydrogen (secondary N) is 3. The highest BCUT2D eigenvalue weighted by atomic mass is 32.2. The minimum atomic E-state index is -0.445. The van der Waals surface area contributed by atoms with Gasteiger partial charge in [0.25, 0.3) is 11.8 Å². The number of benzene rings is 2. The maximum absolute atomic E-state index is 13.1. The first-order chi connectivity index (χ1) is 19.0. The first-order valence-electron chi connectivity index (χ1n) is 13.7. The predicted molar refractivity (Wildman–Crippen MR) is 153 cm³/mol. The zero-order valence-electron chi connectivity index (χ0n) is 22.2. The second-order valence-corrected chi connectivity index (χ2v) is 11.4. The Labute approximate surface area is 233 Å². The summed E-state index contributed by atoms with van der Waals surface area (Å²) in [6.07, 6.45) is 4.33. The van der Waals surface area contributed by atoms with Crippen LogP contribution in [0.1, 0.15) is 43.0 Å². The summed E-state index contributed by atoms with van der Waals surface area (Å²) in [7, 11) is 0. The topological polar surface area (TPSA) is 118 Å². The van der Waals surface area contributed by atoms with Crippen LogP contribution in [0.5, 0.6) is 0 Å². The van der Waals surface area contributed by atoms with Gasteiger partial charge in [0.2, 0.25) is 5.91 Å². The zero-order valence-corrected chi connectivity index (χ0v) is 23.0. The van der Waals surface area contributed by atoms with Crippen LogP contribution in [0.25, 0.3) is 10.8 Å². The molecule has 0 bridgehead atoms. The van der Waals surface area contributed by atoms with E-state index in [9.17, 15) is 19.6 Å². The molecule has 2 aromatic rings. The van der Waals surface area contributed by atoms with Crippen molar-refractivity contribution >= 4 is 45.9 Å². The Balaban J connectivity index is 1.20. The van der Waals surface area contributed by atoms with E-state index in [0.29, 0.717) is 30.2 Å². The molecule has 1 saturated carbocycles. The van der Waals surface area contributed by atoms with Crippen molar-refractivity contribution in [2.24, 2.45) is 0 Å². The summed E-state index contributed by atoms with van der Waals surface area (Å²) >= 11 is 1.27. The number of hydrogen-bond donors (Lipinski definition) is 3. The molecule has 10 heteroatoms. The molecule has 2 aliphatic heterocycles. The fourth-order valence-electron chi connectivity index (χ4n) is 4.97. The summed E-state index contributed by atoms with van der Waals surface area (Å²) in [6, 6.07) is 13.7. The third-order valence-corrected chi connectivity index (χ3v) is 8.63. The number of likely N-dealkylation sites (tertiary alicyclic amines) is 1. The van der Waals surface area contributed by atoms with Crippen LogP contribution >= 0.6 is 11.8 Å². The molecule has 2 aromatic carbocycles. The molecule has 0 unspecified atom stereocenters. The van der Waals surface area contributed by atoms with Crippen molar-refractivity contribution < 1.29 is 14.4 Å². The molecule has 0 radical (unpaired) electrons. The lowest BCUT2D eigenvalue weighted by molar-refractivity contribution is -0.127. The van der Waals surface area contributed by atoms with Crippen LogP contribution in [0.4, 0.5) is 5.69 Å². The minimum Gasteiger partial charge on any atom is -0.383 e. The monoisotopic (exact) mass is 546 g/mol. The third-order valence-electron chi connectivity index (χ3n) is 7.33. The summed E-state index contributed by atoms with van der Waals surface area (Å²) in [5.74, 6) is -0.586. The van der Waals surface area contributed by atoms with Gasteiger partial charge in [0.1, 0.15) is 21.9 Å². The normalized spacial score (nSPS) is 20.7. The van der Waals surface area contributed by atoms with Gasteiger partial charge in [-0.1, -0.05) is 23.9 Å². The highest BCUT2D eigenvalue weighted by Crippen LogP contribution is 2.37. The van der Waals surface area contributed by atoms with Gasteiger partial charge in [0, 0.05) is 43.5 Å². The number of nitriles is 1. The van der Waals surface area contributed by atoms with Crippen LogP contribution < -0.4 is 16.0 Å². The number of rotatable bonds is 10. The van der Waals surface area contributed by atoms with Gasteiger partial charge >= 0.3 is 0 Å². The summed E-state index contributed by atoms with van der Waals surface area (Å²) < 4.78 is 0. The summed E-state index contributed by atoms with van der Waals surface area (Å²) in [6.45, 7) is 6.35. The molecule has 3 amide bonds. The van der Waals surface area contributed by atoms with Gasteiger partial charge in [-0.15, -0.1) is 0 Å². The van der Waals surface area contributed by atoms with E-state index in [1.807, 2.05) is 49.4 Å². The molecule has 9 nitrogen and oxygen atoms in total. The zero-order chi connectivity index (χ0) is 27.4. The summed E-state index contributed by atoms with van der Waals surface area (Å²) in [5, 5.41) is 20.8. The van der Waals surface area contributed by atoms with Crippen molar-refractivity contribution in [3.05, 3.63) is 52.6 Å². The standard InChI is InChI=1S/C29H34N6O3S/c1-2-35-28(38)25(39-29(35)24(17-30)27(37)33-22-9-10-22)18-32-23-8-7-19-15-21(6-5-20(19)16-23)26(36)31-11-14-34-12-3-4-13-34/h5-8,15-16,22,25,32H,2-4,9-14,18H2,1H3,(H,31,36)(H,33,37)/b29-24-/t25-/m1/s1. The van der Waals surface area contributed by atoms with Gasteiger partial charge in [-0.05, 0) is 80.7 Å². The first-order valence-corrected chi connectivity index (χ1v) is 14.6. The Morgan fingerprint density at radius 3 is 2.56 bits per heavy atom. The van der Waals surface area contributed by atoms with Crippen LogP contribution in [-0.2, 0) is 9.59 Å². The Morgan fingerprint density at radius 2 is 1.85 bits per heavy atom. The minimum absolute atomic E-state index is 0.00573. The lowest BCUT2D eigenvalue weighted by Crippen LogP contribution is -2.33. The van der Waals surface area contributed by atoms with E-state index in [-0.39, 0.29) is 23.4 Å². The maximum atomic E-state index is 13.1. The Hall–Kier alpha value is -3.55. The quantitative estimate of drug-likeness (QED) is 0.310. The molecule has 39 heavy (non-hydrogen) atoms. The van der Waals surface area contributed by atoms with Gasteiger partial charge in [-0.25, -0.2) is 0 Å². The van der Waals surface area contributed by atoms with Crippen LogP contribution in [0.3, 0.4) is 0 Å². The van der Waals surface area contributed by atoms with E-state index < -0.39 is 11.2 Å². The molecule has 3 N–H and O–H groups in total. The number of carbonyl (C=O) groups is 3. The average Bonchev–Trinajstić information content (AvgIpc) is 3.49. The summed E-state index contributed by atoms with van der Waals surface area (Å²) in [4.78, 5) is 42.2. The number of nitrogens with zero attached hydrogens (tertiary/aromatic N) is 3. The van der Waals surface area contributed by atoms with E-state index in [1.165, 1.54) is 29.5 Å². The molecule has 204 valence electrons. The van der Waals surface area contributed by atoms with Crippen LogP contribution in [0.2, 0.25) is 0 Å². The smallest absolute Gasteiger partial charge is 0.264 e. The Morgan fingerprint density at radius 1 is 1.10 bits per heavy atom. The molecular weight excluding hydrogens is 512 g/mol. The van der Waals surface area contributed by atoms with Gasteiger partial charge in [0.15, 0.2) is 0 Å². The predicted octanol–water partition coefficient (Wildman–Crippen LogP) is 3.05. The van der Waals surface area contributed by atoms with Crippen LogP contribution in [0, 0.1) is 11.3 Å². The number of thioether (sulfide) groups is 1. The number of anilines is 1. The molecule has 0 spiro atoms. The largest absolute Gasteiger partial charge is 0.383 e. The van der Waals surface area contributed by atoms with Gasteiger partial charge in [-0.2, -0.15) is 5.26 Å². The van der Waals surface area contributed by atoms with E-state index in [4.69, 9.17) is 0 Å². The Kier molecular flexibility index (Phi) is 8.38. The SMILES string of the molecule is CCN1C(=O)[C@@H](CNc2ccc3cc(C(=O)NCCN4CCCC4)ccc3c2)S/C1=C(/C#N)C(=O)NC1CC1. The fraction of sp³-hybridized carbons (Fsp3) is 0.448. The number of hydrogen-bond acceptors (Lipinski definition) is 7. The highest BCUT2D eigenvalue weighted by Gasteiger charge is 2.39. The second-order valence-electron chi connectivity index (χ2n) is 10.2. The van der Waals surface area contributed by atoms with Crippen molar-refractivity contribution in [3.63, 3.8) is 0 Å². The van der Waals surface area contributed by atoms with Crippen molar-refractivity contribution in [3.8, 4) is 6.07 Å². The highest BCUT2D eigenvalue weighted by molar-refractivity contribution is 8.04. The molecule has 3 fully saturated rings. The second kappa shape index (κ2) is 12.1. The molecule has 5 rings (SSSR count). The van der Waals surface area contributed by atoms with Gasteiger partial charge < -0.3 is 25.8 Å². The van der Waals surface area contributed by atoms with Crippen molar-refractivity contribution in [1.82, 2.24) is 20.4 Å². The molecule has 1 aliphatic carbocycles. The van der Waals surface area contributed by atoms with E-state index in [2.05, 4.69) is 20.9 Å². The first kappa shape index (κ1) is 27.0. The van der Waals surface area contributed by atoms with Crippen LogP contribution in [-0.4, -0.2) is 78.1 Å². The maximum Gasteiger partial charge on any atom is 0.264 e. The van der Waals surface area contributed by atoms with Crippen LogP contribution in [0.15, 0.2) is 47.0 Å².